The third kappa shape index (κ3) is 4.69. The minimum absolute atomic E-state index is 0.0689. The van der Waals surface area contributed by atoms with Gasteiger partial charge in [-0.2, -0.15) is 0 Å². The highest BCUT2D eigenvalue weighted by Crippen LogP contribution is 2.01. The van der Waals surface area contributed by atoms with Crippen LogP contribution in [0.2, 0.25) is 0 Å². The molecular formula is C12H18O. The second-order valence-electron chi connectivity index (χ2n) is 2.86. The molecule has 1 nitrogen and oxygen atoms in total. The predicted molar refractivity (Wildman–Crippen MR) is 55.6 cm³/mol. The third-order valence-electron chi connectivity index (χ3n) is 1.69. The summed E-state index contributed by atoms with van der Waals surface area (Å²) in [6.45, 7) is 2.71. The molecule has 72 valence electrons. The molecule has 0 amide bonds. The maximum absolute atomic E-state index is 7.70. The van der Waals surface area contributed by atoms with Gasteiger partial charge in [-0.1, -0.05) is 50.0 Å². The van der Waals surface area contributed by atoms with Crippen molar-refractivity contribution in [1.82, 2.24) is 0 Å². The van der Waals surface area contributed by atoms with Crippen LogP contribution in [0.5, 0.6) is 0 Å². The van der Waals surface area contributed by atoms with Gasteiger partial charge in [-0.05, 0) is 12.0 Å². The smallest absolute Gasteiger partial charge is 0.0716 e. The van der Waals surface area contributed by atoms with Crippen LogP contribution in [-0.4, -0.2) is 6.61 Å². The van der Waals surface area contributed by atoms with Crippen LogP contribution in [0.3, 0.4) is 0 Å². The molecule has 1 rings (SSSR count). The summed E-state index contributed by atoms with van der Waals surface area (Å²) >= 11 is 0. The molecule has 0 aliphatic heterocycles. The largest absolute Gasteiger partial charge is 0.377 e. The van der Waals surface area contributed by atoms with Crippen molar-refractivity contribution in [3.63, 3.8) is 0 Å². The molecule has 0 spiro atoms. The predicted octanol–water partition coefficient (Wildman–Crippen LogP) is 3.39. The van der Waals surface area contributed by atoms with Crippen LogP contribution >= 0.6 is 0 Å². The Kier molecular flexibility index (Phi) is 2.65. The SMILES string of the molecule is [2H]c1c([2H])c([2H])c(COCCCCC)c([2H])c1[2H]. The molecule has 0 saturated heterocycles. The Morgan fingerprint density at radius 3 is 2.69 bits per heavy atom. The highest BCUT2D eigenvalue weighted by atomic mass is 16.5. The van der Waals surface area contributed by atoms with Gasteiger partial charge in [-0.25, -0.2) is 0 Å². The zero-order chi connectivity index (χ0) is 13.7. The fourth-order valence-corrected chi connectivity index (χ4v) is 0.976. The van der Waals surface area contributed by atoms with Gasteiger partial charge in [-0.3, -0.25) is 0 Å². The van der Waals surface area contributed by atoms with E-state index in [1.807, 2.05) is 0 Å². The van der Waals surface area contributed by atoms with Crippen molar-refractivity contribution in [3.05, 3.63) is 35.8 Å². The first kappa shape index (κ1) is 5.16. The molecule has 0 saturated carbocycles. The van der Waals surface area contributed by atoms with E-state index < -0.39 is 0 Å². The van der Waals surface area contributed by atoms with Crippen LogP contribution in [0.15, 0.2) is 30.2 Å². The van der Waals surface area contributed by atoms with Crippen molar-refractivity contribution in [3.8, 4) is 0 Å². The van der Waals surface area contributed by atoms with E-state index in [-0.39, 0.29) is 42.4 Å². The lowest BCUT2D eigenvalue weighted by Gasteiger charge is -2.02. The summed E-state index contributed by atoms with van der Waals surface area (Å²) in [7, 11) is 0. The number of hydrogen-bond donors (Lipinski definition) is 0. The van der Waals surface area contributed by atoms with E-state index in [0.29, 0.717) is 6.61 Å². The van der Waals surface area contributed by atoms with Crippen molar-refractivity contribution < 1.29 is 11.6 Å². The number of rotatable bonds is 6. The van der Waals surface area contributed by atoms with Crippen LogP contribution in [0, 0.1) is 0 Å². The van der Waals surface area contributed by atoms with E-state index in [1.54, 1.807) is 0 Å². The molecule has 0 N–H and O–H groups in total. The minimum atomic E-state index is -0.361. The Balaban J connectivity index is 2.77. The van der Waals surface area contributed by atoms with Gasteiger partial charge < -0.3 is 4.74 Å². The first-order valence-corrected chi connectivity index (χ1v) is 4.64. The zero-order valence-corrected chi connectivity index (χ0v) is 7.94. The number of benzene rings is 1. The molecule has 0 unspecified atom stereocenters. The second kappa shape index (κ2) is 6.67. The molecule has 0 aromatic heterocycles. The second-order valence-corrected chi connectivity index (χ2v) is 2.86. The van der Waals surface area contributed by atoms with E-state index in [0.717, 1.165) is 19.3 Å². The maximum atomic E-state index is 7.70. The van der Waals surface area contributed by atoms with Crippen LogP contribution in [-0.2, 0) is 11.3 Å². The highest BCUT2D eigenvalue weighted by Gasteiger charge is 1.90. The number of hydrogen-bond acceptors (Lipinski definition) is 1. The fourth-order valence-electron chi connectivity index (χ4n) is 0.976. The summed E-state index contributed by atoms with van der Waals surface area (Å²) in [6.07, 6.45) is 3.09. The van der Waals surface area contributed by atoms with Gasteiger partial charge in [0.05, 0.1) is 13.5 Å². The highest BCUT2D eigenvalue weighted by molar-refractivity contribution is 5.13. The van der Waals surface area contributed by atoms with Crippen LogP contribution in [0.1, 0.15) is 38.6 Å². The Bertz CT molecular complexity index is 390. The Hall–Kier alpha value is -0.820. The van der Waals surface area contributed by atoms with Gasteiger partial charge >= 0.3 is 0 Å². The first-order valence-electron chi connectivity index (χ1n) is 7.14. The van der Waals surface area contributed by atoms with E-state index in [9.17, 15) is 0 Å². The molecule has 1 aromatic carbocycles. The maximum Gasteiger partial charge on any atom is 0.0716 e. The van der Waals surface area contributed by atoms with E-state index in [2.05, 4.69) is 6.92 Å². The van der Waals surface area contributed by atoms with Crippen molar-refractivity contribution in [2.75, 3.05) is 6.61 Å². The molecule has 0 bridgehead atoms. The zero-order valence-electron chi connectivity index (χ0n) is 12.9. The average Bonchev–Trinajstić information content (AvgIpc) is 2.37. The molecular weight excluding hydrogens is 160 g/mol. The summed E-state index contributed by atoms with van der Waals surface area (Å²) in [4.78, 5) is 0. The third-order valence-corrected chi connectivity index (χ3v) is 1.69. The fraction of sp³-hybridized carbons (Fsp3) is 0.500. The lowest BCUT2D eigenvalue weighted by molar-refractivity contribution is 0.117. The minimum Gasteiger partial charge on any atom is -0.377 e. The Labute approximate surface area is 87.8 Å². The summed E-state index contributed by atoms with van der Waals surface area (Å²) in [5.74, 6) is 0. The summed E-state index contributed by atoms with van der Waals surface area (Å²) in [5, 5.41) is 0. The first-order chi connectivity index (χ1) is 8.50. The van der Waals surface area contributed by atoms with Gasteiger partial charge in [0.15, 0.2) is 0 Å². The molecule has 0 heterocycles. The van der Waals surface area contributed by atoms with Crippen LogP contribution in [0.4, 0.5) is 0 Å². The van der Waals surface area contributed by atoms with E-state index in [4.69, 9.17) is 11.6 Å². The number of unbranched alkanes of at least 4 members (excludes halogenated alkanes) is 2. The van der Waals surface area contributed by atoms with E-state index in [1.165, 1.54) is 0 Å². The Morgan fingerprint density at radius 1 is 1.23 bits per heavy atom. The monoisotopic (exact) mass is 183 g/mol. The standard InChI is InChI=1S/C12H18O/c1-2-3-7-10-13-11-12-8-5-4-6-9-12/h4-6,8-9H,2-3,7,10-11H2,1H3/i4D,5D,6D,8D,9D. The molecule has 13 heavy (non-hydrogen) atoms. The molecule has 0 radical (unpaired) electrons. The molecule has 1 heteroatoms. The summed E-state index contributed by atoms with van der Waals surface area (Å²) in [5.41, 5.74) is 0.234. The summed E-state index contributed by atoms with van der Waals surface area (Å²) < 4.78 is 43.3. The molecule has 0 aliphatic carbocycles. The van der Waals surface area contributed by atoms with Gasteiger partial charge in [0.25, 0.3) is 0 Å². The topological polar surface area (TPSA) is 9.23 Å². The van der Waals surface area contributed by atoms with Crippen LogP contribution in [0.25, 0.3) is 0 Å². The van der Waals surface area contributed by atoms with Gasteiger partial charge in [0.2, 0.25) is 0 Å². The van der Waals surface area contributed by atoms with E-state index >= 15 is 0 Å². The lowest BCUT2D eigenvalue weighted by Crippen LogP contribution is -1.94. The van der Waals surface area contributed by atoms with Crippen molar-refractivity contribution in [2.24, 2.45) is 0 Å². The summed E-state index contributed by atoms with van der Waals surface area (Å²) in [6, 6.07) is -1.31. The lowest BCUT2D eigenvalue weighted by atomic mass is 10.2. The average molecular weight is 183 g/mol. The molecule has 1 aromatic rings. The quantitative estimate of drug-likeness (QED) is 0.614. The molecule has 0 atom stereocenters. The normalized spacial score (nSPS) is 15.6. The Morgan fingerprint density at radius 2 is 2.00 bits per heavy atom. The van der Waals surface area contributed by atoms with Crippen molar-refractivity contribution in [1.29, 1.82) is 0 Å². The van der Waals surface area contributed by atoms with Gasteiger partial charge in [-0.15, -0.1) is 0 Å². The molecule has 0 aliphatic rings. The van der Waals surface area contributed by atoms with Crippen LogP contribution < -0.4 is 0 Å². The van der Waals surface area contributed by atoms with Crippen molar-refractivity contribution >= 4 is 0 Å². The van der Waals surface area contributed by atoms with Gasteiger partial charge in [0, 0.05) is 6.61 Å². The van der Waals surface area contributed by atoms with Crippen molar-refractivity contribution in [2.45, 2.75) is 32.8 Å². The van der Waals surface area contributed by atoms with Gasteiger partial charge in [0.1, 0.15) is 0 Å². The number of ether oxygens (including phenoxy) is 1. The molecule has 0 fully saturated rings.